The summed E-state index contributed by atoms with van der Waals surface area (Å²) >= 11 is 0. The molecule has 1 aliphatic rings. The lowest BCUT2D eigenvalue weighted by Gasteiger charge is -2.35. The van der Waals surface area contributed by atoms with Crippen LogP contribution in [-0.2, 0) is 0 Å². The van der Waals surface area contributed by atoms with Crippen molar-refractivity contribution in [3.63, 3.8) is 0 Å². The number of carbonyl (C=O) groups excluding carboxylic acids is 1. The summed E-state index contributed by atoms with van der Waals surface area (Å²) in [5.74, 6) is 2.66. The average molecular weight is 409 g/mol. The van der Waals surface area contributed by atoms with Crippen molar-refractivity contribution in [2.45, 2.75) is 0 Å². The molecule has 1 saturated heterocycles. The van der Waals surface area contributed by atoms with Crippen molar-refractivity contribution < 1.29 is 14.3 Å². The maximum absolute atomic E-state index is 12.7. The van der Waals surface area contributed by atoms with Crippen molar-refractivity contribution in [1.82, 2.24) is 24.9 Å². The molecule has 0 atom stereocenters. The summed E-state index contributed by atoms with van der Waals surface area (Å²) < 4.78 is 12.2. The number of rotatable bonds is 5. The van der Waals surface area contributed by atoms with Crippen molar-refractivity contribution in [3.8, 4) is 17.3 Å². The van der Waals surface area contributed by atoms with Gasteiger partial charge in [-0.05, 0) is 30.3 Å². The topological polar surface area (TPSA) is 97.6 Å². The highest BCUT2D eigenvalue weighted by Gasteiger charge is 2.23. The first-order chi connectivity index (χ1) is 14.7. The Morgan fingerprint density at radius 3 is 2.40 bits per heavy atom. The molecule has 2 aromatic heterocycles. The van der Waals surface area contributed by atoms with E-state index in [2.05, 4.69) is 25.5 Å². The monoisotopic (exact) mass is 409 g/mol. The third-order valence-corrected chi connectivity index (χ3v) is 4.92. The molecule has 10 heteroatoms. The van der Waals surface area contributed by atoms with Gasteiger partial charge in [0.15, 0.2) is 11.6 Å². The maximum atomic E-state index is 12.7. The first-order valence-electron chi connectivity index (χ1n) is 9.54. The summed E-state index contributed by atoms with van der Waals surface area (Å²) in [6, 6.07) is 10.7. The first-order valence-corrected chi connectivity index (χ1v) is 9.54. The number of methoxy groups -OCH3 is 2. The van der Waals surface area contributed by atoms with E-state index in [-0.39, 0.29) is 6.03 Å². The second-order valence-electron chi connectivity index (χ2n) is 6.67. The Morgan fingerprint density at radius 2 is 1.77 bits per heavy atom. The summed E-state index contributed by atoms with van der Waals surface area (Å²) in [4.78, 5) is 16.6. The zero-order valence-electron chi connectivity index (χ0n) is 16.9. The quantitative estimate of drug-likeness (QED) is 0.689. The molecule has 1 fully saturated rings. The van der Waals surface area contributed by atoms with E-state index in [1.165, 1.54) is 0 Å². The van der Waals surface area contributed by atoms with E-state index in [1.807, 2.05) is 24.4 Å². The third kappa shape index (κ3) is 4.12. The molecule has 10 nitrogen and oxygen atoms in total. The number of nitrogens with one attached hydrogen (secondary N) is 1. The van der Waals surface area contributed by atoms with Gasteiger partial charge in [0, 0.05) is 44.6 Å². The van der Waals surface area contributed by atoms with Gasteiger partial charge in [0.25, 0.3) is 0 Å². The third-order valence-electron chi connectivity index (χ3n) is 4.92. The summed E-state index contributed by atoms with van der Waals surface area (Å²) in [7, 11) is 3.14. The Kier molecular flexibility index (Phi) is 5.64. The Balaban J connectivity index is 1.34. The van der Waals surface area contributed by atoms with Crippen LogP contribution in [0.2, 0.25) is 0 Å². The molecule has 2 amide bonds. The summed E-state index contributed by atoms with van der Waals surface area (Å²) in [5, 5.41) is 15.6. The second-order valence-corrected chi connectivity index (χ2v) is 6.67. The lowest BCUT2D eigenvalue weighted by molar-refractivity contribution is 0.208. The maximum Gasteiger partial charge on any atom is 0.322 e. The van der Waals surface area contributed by atoms with Crippen LogP contribution in [0.15, 0.2) is 48.8 Å². The van der Waals surface area contributed by atoms with Gasteiger partial charge in [0.2, 0.25) is 0 Å². The highest BCUT2D eigenvalue weighted by molar-refractivity contribution is 5.91. The SMILES string of the molecule is COc1ccc(NC(=O)N2CCN(c3ccc(-n4cccn4)nn3)CC2)c(OC)c1. The summed E-state index contributed by atoms with van der Waals surface area (Å²) in [6.07, 6.45) is 3.51. The molecule has 0 bridgehead atoms. The van der Waals surface area contributed by atoms with E-state index in [0.29, 0.717) is 49.2 Å². The zero-order valence-corrected chi connectivity index (χ0v) is 16.9. The van der Waals surface area contributed by atoms with Crippen LogP contribution < -0.4 is 19.7 Å². The Hall–Kier alpha value is -3.82. The highest BCUT2D eigenvalue weighted by atomic mass is 16.5. The van der Waals surface area contributed by atoms with Crippen molar-refractivity contribution in [1.29, 1.82) is 0 Å². The van der Waals surface area contributed by atoms with Crippen molar-refractivity contribution in [3.05, 3.63) is 48.8 Å². The van der Waals surface area contributed by atoms with Gasteiger partial charge in [0.05, 0.1) is 19.9 Å². The minimum absolute atomic E-state index is 0.168. The van der Waals surface area contributed by atoms with E-state index < -0.39 is 0 Å². The number of hydrogen-bond donors (Lipinski definition) is 1. The van der Waals surface area contributed by atoms with Gasteiger partial charge in [-0.25, -0.2) is 9.48 Å². The number of piperazine rings is 1. The number of anilines is 2. The fourth-order valence-electron chi connectivity index (χ4n) is 3.25. The number of hydrogen-bond acceptors (Lipinski definition) is 7. The van der Waals surface area contributed by atoms with E-state index in [9.17, 15) is 4.79 Å². The molecule has 1 N–H and O–H groups in total. The van der Waals surface area contributed by atoms with Crippen LogP contribution in [0, 0.1) is 0 Å². The minimum Gasteiger partial charge on any atom is -0.497 e. The molecule has 3 heterocycles. The Labute approximate surface area is 174 Å². The van der Waals surface area contributed by atoms with Gasteiger partial charge in [-0.2, -0.15) is 5.10 Å². The fourth-order valence-corrected chi connectivity index (χ4v) is 3.25. The van der Waals surface area contributed by atoms with E-state index >= 15 is 0 Å². The smallest absolute Gasteiger partial charge is 0.322 e. The van der Waals surface area contributed by atoms with Gasteiger partial charge < -0.3 is 24.6 Å². The van der Waals surface area contributed by atoms with E-state index in [0.717, 1.165) is 5.82 Å². The van der Waals surface area contributed by atoms with Gasteiger partial charge in [-0.3, -0.25) is 0 Å². The number of benzene rings is 1. The molecule has 0 radical (unpaired) electrons. The van der Waals surface area contributed by atoms with Crippen molar-refractivity contribution in [2.75, 3.05) is 50.6 Å². The summed E-state index contributed by atoms with van der Waals surface area (Å²) in [5.41, 5.74) is 0.603. The lowest BCUT2D eigenvalue weighted by Crippen LogP contribution is -2.50. The largest absolute Gasteiger partial charge is 0.497 e. The zero-order chi connectivity index (χ0) is 20.9. The van der Waals surface area contributed by atoms with Gasteiger partial charge in [0.1, 0.15) is 11.5 Å². The van der Waals surface area contributed by atoms with E-state index in [4.69, 9.17) is 9.47 Å². The van der Waals surface area contributed by atoms with Crippen LogP contribution in [0.3, 0.4) is 0 Å². The minimum atomic E-state index is -0.168. The average Bonchev–Trinajstić information content (AvgIpc) is 3.34. The molecule has 3 aromatic rings. The molecule has 1 aromatic carbocycles. The summed E-state index contributed by atoms with van der Waals surface area (Å²) in [6.45, 7) is 2.49. The first kappa shape index (κ1) is 19.5. The molecule has 156 valence electrons. The van der Waals surface area contributed by atoms with Gasteiger partial charge in [-0.15, -0.1) is 10.2 Å². The van der Waals surface area contributed by atoms with Crippen molar-refractivity contribution in [2.24, 2.45) is 0 Å². The lowest BCUT2D eigenvalue weighted by atomic mass is 10.2. The molecule has 4 rings (SSSR count). The van der Waals surface area contributed by atoms with Crippen LogP contribution in [0.5, 0.6) is 11.5 Å². The van der Waals surface area contributed by atoms with Crippen LogP contribution >= 0.6 is 0 Å². The molecule has 0 saturated carbocycles. The number of carbonyl (C=O) groups is 1. The Bertz CT molecular complexity index is 984. The molecule has 30 heavy (non-hydrogen) atoms. The molecular formula is C20H23N7O3. The molecular weight excluding hydrogens is 386 g/mol. The molecule has 0 unspecified atom stereocenters. The van der Waals surface area contributed by atoms with Crippen LogP contribution in [-0.4, -0.2) is 71.3 Å². The number of amides is 2. The van der Waals surface area contributed by atoms with Gasteiger partial charge in [-0.1, -0.05) is 0 Å². The van der Waals surface area contributed by atoms with Crippen molar-refractivity contribution >= 4 is 17.5 Å². The molecule has 1 aliphatic heterocycles. The standard InChI is InChI=1S/C20H23N7O3/c1-29-15-4-5-16(17(14-15)30-2)22-20(28)26-12-10-25(11-13-26)18-6-7-19(24-23-18)27-9-3-8-21-27/h3-9,14H,10-13H2,1-2H3,(H,22,28). The predicted molar refractivity (Wildman–Crippen MR) is 112 cm³/mol. The molecule has 0 spiro atoms. The number of urea groups is 1. The Morgan fingerprint density at radius 1 is 1.00 bits per heavy atom. The number of nitrogens with zero attached hydrogens (tertiary/aromatic N) is 6. The normalized spacial score (nSPS) is 13.8. The number of ether oxygens (including phenoxy) is 2. The van der Waals surface area contributed by atoms with Crippen LogP contribution in [0.1, 0.15) is 0 Å². The van der Waals surface area contributed by atoms with E-state index in [1.54, 1.807) is 48.2 Å². The second kappa shape index (κ2) is 8.68. The van der Waals surface area contributed by atoms with Crippen LogP contribution in [0.25, 0.3) is 5.82 Å². The van der Waals surface area contributed by atoms with Gasteiger partial charge >= 0.3 is 6.03 Å². The predicted octanol–water partition coefficient (Wildman–Crippen LogP) is 2.03. The highest BCUT2D eigenvalue weighted by Crippen LogP contribution is 2.29. The van der Waals surface area contributed by atoms with Crippen LogP contribution in [0.4, 0.5) is 16.3 Å². The number of aromatic nitrogens is 4. The fraction of sp³-hybridized carbons (Fsp3) is 0.300. The molecule has 0 aliphatic carbocycles.